The molecule has 1 aliphatic carbocycles. The van der Waals surface area contributed by atoms with Crippen molar-refractivity contribution in [3.63, 3.8) is 0 Å². The molecule has 0 unspecified atom stereocenters. The Morgan fingerprint density at radius 1 is 1.03 bits per heavy atom. The summed E-state index contributed by atoms with van der Waals surface area (Å²) < 4.78 is 17.7. The molecule has 0 fully saturated rings. The first kappa shape index (κ1) is 20.5. The van der Waals surface area contributed by atoms with E-state index in [2.05, 4.69) is 15.9 Å². The lowest BCUT2D eigenvalue weighted by molar-refractivity contribution is 0.0451. The van der Waals surface area contributed by atoms with Gasteiger partial charge in [0.15, 0.2) is 0 Å². The van der Waals surface area contributed by atoms with E-state index >= 15 is 0 Å². The molecule has 160 valence electrons. The van der Waals surface area contributed by atoms with Gasteiger partial charge in [-0.1, -0.05) is 34.1 Å². The Morgan fingerprint density at radius 3 is 2.69 bits per heavy atom. The van der Waals surface area contributed by atoms with E-state index in [1.165, 1.54) is 0 Å². The first-order valence-electron chi connectivity index (χ1n) is 10.4. The second-order valence-electron chi connectivity index (χ2n) is 7.45. The molecule has 2 aromatic heterocycles. The van der Waals surface area contributed by atoms with Gasteiger partial charge < -0.3 is 13.9 Å². The second kappa shape index (κ2) is 9.01. The molecular formula is C26H20BrNO4. The predicted octanol–water partition coefficient (Wildman–Crippen LogP) is 6.31. The number of pyridine rings is 1. The van der Waals surface area contributed by atoms with Gasteiger partial charge in [-0.3, -0.25) is 0 Å². The number of hydrogen-bond acceptors (Lipinski definition) is 5. The zero-order chi connectivity index (χ0) is 21.9. The highest BCUT2D eigenvalue weighted by atomic mass is 79.9. The van der Waals surface area contributed by atoms with Gasteiger partial charge in [0.05, 0.1) is 23.0 Å². The summed E-state index contributed by atoms with van der Waals surface area (Å²) in [5, 5.41) is 0.810. The molecule has 5 rings (SSSR count). The van der Waals surface area contributed by atoms with Crippen molar-refractivity contribution in [1.29, 1.82) is 0 Å². The van der Waals surface area contributed by atoms with Crippen molar-refractivity contribution in [2.45, 2.75) is 12.8 Å². The molecule has 32 heavy (non-hydrogen) atoms. The lowest BCUT2D eigenvalue weighted by atomic mass is 10.0. The molecule has 0 N–H and O–H groups in total. The lowest BCUT2D eigenvalue weighted by Gasteiger charge is -2.13. The molecule has 5 nitrogen and oxygen atoms in total. The summed E-state index contributed by atoms with van der Waals surface area (Å²) in [5.74, 6) is 1.16. The zero-order valence-corrected chi connectivity index (χ0v) is 18.8. The van der Waals surface area contributed by atoms with Crippen LogP contribution in [0.2, 0.25) is 0 Å². The summed E-state index contributed by atoms with van der Waals surface area (Å²) in [4.78, 5) is 18.0. The minimum absolute atomic E-state index is 0.162. The highest BCUT2D eigenvalue weighted by Gasteiger charge is 2.27. The lowest BCUT2D eigenvalue weighted by Crippen LogP contribution is -2.15. The van der Waals surface area contributed by atoms with Crippen molar-refractivity contribution >= 4 is 44.5 Å². The number of ether oxygens (including phenoxy) is 2. The number of carbonyl (C=O) groups excluding carboxylic acids is 1. The van der Waals surface area contributed by atoms with Crippen molar-refractivity contribution < 1.29 is 18.7 Å². The topological polar surface area (TPSA) is 61.6 Å². The van der Waals surface area contributed by atoms with E-state index in [4.69, 9.17) is 18.9 Å². The third-order valence-corrected chi connectivity index (χ3v) is 5.93. The number of benzene rings is 2. The molecule has 0 atom stereocenters. The maximum absolute atomic E-state index is 13.1. The fraction of sp³-hybridized carbons (Fsp3) is 0.154. The number of rotatable bonds is 6. The van der Waals surface area contributed by atoms with Crippen molar-refractivity contribution in [3.8, 4) is 5.75 Å². The average Bonchev–Trinajstić information content (AvgIpc) is 3.47. The highest BCUT2D eigenvalue weighted by molar-refractivity contribution is 9.10. The highest BCUT2D eigenvalue weighted by Crippen LogP contribution is 2.37. The summed E-state index contributed by atoms with van der Waals surface area (Å²) in [7, 11) is 0. The number of nitrogens with zero attached hydrogens (tertiary/aromatic N) is 1. The summed E-state index contributed by atoms with van der Waals surface area (Å²) >= 11 is 3.40. The van der Waals surface area contributed by atoms with Gasteiger partial charge in [0.2, 0.25) is 0 Å². The van der Waals surface area contributed by atoms with Gasteiger partial charge in [0, 0.05) is 9.86 Å². The van der Waals surface area contributed by atoms with Gasteiger partial charge in [0.25, 0.3) is 0 Å². The monoisotopic (exact) mass is 489 g/mol. The van der Waals surface area contributed by atoms with Gasteiger partial charge in [-0.25, -0.2) is 9.78 Å². The molecule has 2 heterocycles. The Hall–Kier alpha value is -3.38. The summed E-state index contributed by atoms with van der Waals surface area (Å²) in [5.41, 5.74) is 4.21. The maximum Gasteiger partial charge on any atom is 0.339 e. The van der Waals surface area contributed by atoms with Crippen LogP contribution in [0.4, 0.5) is 0 Å². The van der Waals surface area contributed by atoms with Crippen LogP contribution in [0.5, 0.6) is 5.75 Å². The molecule has 1 aliphatic rings. The first-order chi connectivity index (χ1) is 15.7. The Kier molecular flexibility index (Phi) is 5.77. The van der Waals surface area contributed by atoms with E-state index in [-0.39, 0.29) is 19.2 Å². The number of aromatic nitrogens is 1. The average molecular weight is 490 g/mol. The molecule has 0 amide bonds. The normalized spacial score (nSPS) is 14.0. The van der Waals surface area contributed by atoms with E-state index in [1.54, 1.807) is 6.26 Å². The van der Waals surface area contributed by atoms with E-state index in [1.807, 2.05) is 66.7 Å². The third kappa shape index (κ3) is 4.18. The molecule has 2 aromatic carbocycles. The van der Waals surface area contributed by atoms with Crippen LogP contribution in [-0.4, -0.2) is 24.2 Å². The van der Waals surface area contributed by atoms with Crippen LogP contribution >= 0.6 is 15.9 Å². The number of halogens is 1. The molecule has 6 heteroatoms. The quantitative estimate of drug-likeness (QED) is 0.234. The van der Waals surface area contributed by atoms with Gasteiger partial charge >= 0.3 is 5.97 Å². The molecule has 0 saturated heterocycles. The number of esters is 1. The number of furan rings is 1. The largest absolute Gasteiger partial charge is 0.490 e. The Balaban J connectivity index is 1.39. The van der Waals surface area contributed by atoms with Crippen LogP contribution < -0.4 is 4.74 Å². The summed E-state index contributed by atoms with van der Waals surface area (Å²) in [6.45, 7) is 0.442. The van der Waals surface area contributed by atoms with Crippen LogP contribution in [0.15, 0.2) is 75.8 Å². The van der Waals surface area contributed by atoms with Gasteiger partial charge in [-0.2, -0.15) is 0 Å². The van der Waals surface area contributed by atoms with E-state index in [0.717, 1.165) is 56.6 Å². The Bertz CT molecular complexity index is 1290. The minimum Gasteiger partial charge on any atom is -0.490 e. The molecular weight excluding hydrogens is 470 g/mol. The Morgan fingerprint density at radius 2 is 1.88 bits per heavy atom. The number of allylic oxidation sites excluding steroid dienone is 1. The first-order valence-corrected chi connectivity index (χ1v) is 11.2. The standard InChI is InChI=1S/C26H20BrNO4/c27-18-8-10-19(11-9-18)31-14-15-32-26(29)24-21-5-1-2-6-23(21)28-25-17(7-12-22(24)25)16-20-4-3-13-30-20/h1-6,8-11,13,16H,7,12,14-15H2/b17-16-. The fourth-order valence-electron chi connectivity index (χ4n) is 3.95. The van der Waals surface area contributed by atoms with Crippen LogP contribution in [-0.2, 0) is 11.2 Å². The van der Waals surface area contributed by atoms with Crippen molar-refractivity contribution in [2.24, 2.45) is 0 Å². The van der Waals surface area contributed by atoms with E-state index in [9.17, 15) is 4.79 Å². The third-order valence-electron chi connectivity index (χ3n) is 5.40. The molecule has 0 saturated carbocycles. The second-order valence-corrected chi connectivity index (χ2v) is 8.37. The summed E-state index contributed by atoms with van der Waals surface area (Å²) in [6, 6.07) is 19.0. The maximum atomic E-state index is 13.1. The van der Waals surface area contributed by atoms with Crippen molar-refractivity contribution in [1.82, 2.24) is 4.98 Å². The van der Waals surface area contributed by atoms with Crippen LogP contribution in [0, 0.1) is 0 Å². The predicted molar refractivity (Wildman–Crippen MR) is 127 cm³/mol. The fourth-order valence-corrected chi connectivity index (χ4v) is 4.22. The number of fused-ring (bicyclic) bond motifs is 2. The van der Waals surface area contributed by atoms with Gasteiger partial charge in [-0.15, -0.1) is 0 Å². The van der Waals surface area contributed by atoms with Gasteiger partial charge in [0.1, 0.15) is 24.7 Å². The smallest absolute Gasteiger partial charge is 0.339 e. The molecule has 0 aliphatic heterocycles. The zero-order valence-electron chi connectivity index (χ0n) is 17.2. The molecule has 4 aromatic rings. The van der Waals surface area contributed by atoms with Crippen molar-refractivity contribution in [3.05, 3.63) is 94.0 Å². The molecule has 0 radical (unpaired) electrons. The van der Waals surface area contributed by atoms with Crippen LogP contribution in [0.3, 0.4) is 0 Å². The van der Waals surface area contributed by atoms with Gasteiger partial charge in [-0.05, 0) is 72.5 Å². The van der Waals surface area contributed by atoms with Crippen LogP contribution in [0.1, 0.15) is 33.8 Å². The Labute approximate surface area is 193 Å². The number of hydrogen-bond donors (Lipinski definition) is 0. The molecule has 0 spiro atoms. The van der Waals surface area contributed by atoms with Crippen molar-refractivity contribution in [2.75, 3.05) is 13.2 Å². The summed E-state index contributed by atoms with van der Waals surface area (Å²) in [6.07, 6.45) is 5.18. The van der Waals surface area contributed by atoms with E-state index < -0.39 is 0 Å². The van der Waals surface area contributed by atoms with E-state index in [0.29, 0.717) is 5.56 Å². The van der Waals surface area contributed by atoms with Crippen LogP contribution in [0.25, 0.3) is 22.6 Å². The molecule has 0 bridgehead atoms. The SMILES string of the molecule is O=C(OCCOc1ccc(Br)cc1)c1c2c(nc3ccccc13)/C(=C\c1ccco1)CC2. The number of para-hydroxylation sites is 1. The number of carbonyl (C=O) groups is 1. The minimum atomic E-state index is -0.349.